The van der Waals surface area contributed by atoms with Gasteiger partial charge in [-0.2, -0.15) is 0 Å². The normalized spacial score (nSPS) is 11.4. The standard InChI is InChI=1S/C10H12N4O2S/c1-14(10-3-2-8(11)6-13-10)17(15,16)9-4-5-12-7-9/h2-7,12H,11H2,1H3. The smallest absolute Gasteiger partial charge is 0.266 e. The predicted molar refractivity (Wildman–Crippen MR) is 65.0 cm³/mol. The Hall–Kier alpha value is -2.02. The number of nitrogens with two attached hydrogens (primary N) is 1. The van der Waals surface area contributed by atoms with Crippen molar-refractivity contribution in [3.05, 3.63) is 36.8 Å². The molecule has 6 nitrogen and oxygen atoms in total. The number of pyridine rings is 1. The maximum absolute atomic E-state index is 12.1. The van der Waals surface area contributed by atoms with Gasteiger partial charge in [-0.3, -0.25) is 4.31 Å². The lowest BCUT2D eigenvalue weighted by molar-refractivity contribution is 0.594. The summed E-state index contributed by atoms with van der Waals surface area (Å²) < 4.78 is 25.3. The summed E-state index contributed by atoms with van der Waals surface area (Å²) in [6.07, 6.45) is 4.39. The maximum atomic E-state index is 12.1. The highest BCUT2D eigenvalue weighted by Crippen LogP contribution is 2.19. The number of H-pyrrole nitrogens is 1. The Balaban J connectivity index is 2.38. The summed E-state index contributed by atoms with van der Waals surface area (Å²) in [5, 5.41) is 0. The first kappa shape index (κ1) is 11.5. The molecule has 0 saturated carbocycles. The Kier molecular flexibility index (Phi) is 2.76. The topological polar surface area (TPSA) is 92.1 Å². The van der Waals surface area contributed by atoms with Crippen LogP contribution >= 0.6 is 0 Å². The highest BCUT2D eigenvalue weighted by Gasteiger charge is 2.22. The van der Waals surface area contributed by atoms with E-state index < -0.39 is 10.0 Å². The molecule has 0 bridgehead atoms. The summed E-state index contributed by atoms with van der Waals surface area (Å²) in [4.78, 5) is 6.86. The van der Waals surface area contributed by atoms with Gasteiger partial charge in [-0.1, -0.05) is 0 Å². The van der Waals surface area contributed by atoms with Gasteiger partial charge in [-0.15, -0.1) is 0 Å². The van der Waals surface area contributed by atoms with Gasteiger partial charge in [0.25, 0.3) is 10.0 Å². The van der Waals surface area contributed by atoms with Gasteiger partial charge in [0.05, 0.1) is 11.9 Å². The molecule has 2 aromatic heterocycles. The SMILES string of the molecule is CN(c1ccc(N)cn1)S(=O)(=O)c1cc[nH]c1. The number of sulfonamides is 1. The second-order valence-corrected chi connectivity index (χ2v) is 5.44. The molecule has 0 aliphatic heterocycles. The number of anilines is 2. The van der Waals surface area contributed by atoms with Gasteiger partial charge in [-0.05, 0) is 18.2 Å². The summed E-state index contributed by atoms with van der Waals surface area (Å²) in [6.45, 7) is 0. The third-order valence-electron chi connectivity index (χ3n) is 2.32. The Bertz CT molecular complexity index is 590. The molecule has 17 heavy (non-hydrogen) atoms. The van der Waals surface area contributed by atoms with Crippen LogP contribution in [0.15, 0.2) is 41.7 Å². The van der Waals surface area contributed by atoms with Crippen LogP contribution in [0, 0.1) is 0 Å². The zero-order chi connectivity index (χ0) is 12.5. The van der Waals surface area contributed by atoms with Crippen LogP contribution in [0.3, 0.4) is 0 Å². The molecule has 0 aliphatic rings. The summed E-state index contributed by atoms with van der Waals surface area (Å²) in [7, 11) is -2.12. The van der Waals surface area contributed by atoms with Gasteiger partial charge < -0.3 is 10.7 Å². The fraction of sp³-hybridized carbons (Fsp3) is 0.100. The molecular formula is C10H12N4O2S. The number of nitrogens with zero attached hydrogens (tertiary/aromatic N) is 2. The van der Waals surface area contributed by atoms with E-state index in [4.69, 9.17) is 5.73 Å². The van der Waals surface area contributed by atoms with Crippen molar-refractivity contribution in [3.8, 4) is 0 Å². The van der Waals surface area contributed by atoms with Crippen LogP contribution in [0.1, 0.15) is 0 Å². The fourth-order valence-electron chi connectivity index (χ4n) is 1.33. The molecule has 0 aliphatic carbocycles. The van der Waals surface area contributed by atoms with E-state index in [-0.39, 0.29) is 4.90 Å². The van der Waals surface area contributed by atoms with Gasteiger partial charge in [0.2, 0.25) is 0 Å². The first-order valence-corrected chi connectivity index (χ1v) is 6.29. The lowest BCUT2D eigenvalue weighted by atomic mass is 10.4. The van der Waals surface area contributed by atoms with Gasteiger partial charge in [0, 0.05) is 19.4 Å². The van der Waals surface area contributed by atoms with Gasteiger partial charge in [-0.25, -0.2) is 13.4 Å². The van der Waals surface area contributed by atoms with Gasteiger partial charge >= 0.3 is 0 Å². The molecule has 0 radical (unpaired) electrons. The molecule has 2 rings (SSSR count). The molecule has 2 aromatic rings. The van der Waals surface area contributed by atoms with Crippen LogP contribution in [0.2, 0.25) is 0 Å². The number of nitrogen functional groups attached to an aromatic ring is 1. The number of nitrogens with one attached hydrogen (secondary N) is 1. The fourth-order valence-corrected chi connectivity index (χ4v) is 2.46. The van der Waals surface area contributed by atoms with Crippen molar-refractivity contribution in [2.24, 2.45) is 0 Å². The van der Waals surface area contributed by atoms with Crippen LogP contribution in [-0.4, -0.2) is 25.4 Å². The molecule has 0 unspecified atom stereocenters. The molecular weight excluding hydrogens is 240 g/mol. The molecule has 2 heterocycles. The molecule has 0 amide bonds. The van der Waals surface area contributed by atoms with Gasteiger partial charge in [0.1, 0.15) is 10.7 Å². The first-order valence-electron chi connectivity index (χ1n) is 4.85. The largest absolute Gasteiger partial charge is 0.397 e. The van der Waals surface area contributed by atoms with Crippen LogP contribution in [-0.2, 0) is 10.0 Å². The van der Waals surface area contributed by atoms with Crippen molar-refractivity contribution in [1.82, 2.24) is 9.97 Å². The minimum Gasteiger partial charge on any atom is -0.397 e. The Morgan fingerprint density at radius 1 is 1.35 bits per heavy atom. The van der Waals surface area contributed by atoms with Gasteiger partial charge in [0.15, 0.2) is 0 Å². The van der Waals surface area contributed by atoms with Crippen molar-refractivity contribution in [3.63, 3.8) is 0 Å². The van der Waals surface area contributed by atoms with Crippen molar-refractivity contribution >= 4 is 21.5 Å². The number of rotatable bonds is 3. The molecule has 0 spiro atoms. The highest BCUT2D eigenvalue weighted by atomic mass is 32.2. The maximum Gasteiger partial charge on any atom is 0.266 e. The molecule has 0 fully saturated rings. The zero-order valence-electron chi connectivity index (χ0n) is 9.16. The molecule has 0 atom stereocenters. The van der Waals surface area contributed by atoms with Crippen LogP contribution < -0.4 is 10.0 Å². The van der Waals surface area contributed by atoms with Crippen molar-refractivity contribution in [2.75, 3.05) is 17.1 Å². The third kappa shape index (κ3) is 2.09. The van der Waals surface area contributed by atoms with Crippen molar-refractivity contribution < 1.29 is 8.42 Å². The van der Waals surface area contributed by atoms with E-state index in [1.165, 1.54) is 25.5 Å². The molecule has 7 heteroatoms. The van der Waals surface area contributed by atoms with Crippen LogP contribution in [0.4, 0.5) is 11.5 Å². The zero-order valence-corrected chi connectivity index (χ0v) is 9.98. The minimum absolute atomic E-state index is 0.193. The van der Waals surface area contributed by atoms with E-state index in [0.717, 1.165) is 4.31 Å². The second kappa shape index (κ2) is 4.10. The average molecular weight is 252 g/mol. The molecule has 0 aromatic carbocycles. The Morgan fingerprint density at radius 3 is 2.65 bits per heavy atom. The van der Waals surface area contributed by atoms with Crippen LogP contribution in [0.5, 0.6) is 0 Å². The Morgan fingerprint density at radius 2 is 2.12 bits per heavy atom. The summed E-state index contributed by atoms with van der Waals surface area (Å²) in [5.74, 6) is 0.320. The summed E-state index contributed by atoms with van der Waals surface area (Å²) >= 11 is 0. The lowest BCUT2D eigenvalue weighted by Gasteiger charge is -2.17. The van der Waals surface area contributed by atoms with Crippen molar-refractivity contribution in [1.29, 1.82) is 0 Å². The number of hydrogen-bond acceptors (Lipinski definition) is 4. The number of hydrogen-bond donors (Lipinski definition) is 2. The molecule has 3 N–H and O–H groups in total. The minimum atomic E-state index is -3.56. The number of aromatic nitrogens is 2. The number of aromatic amines is 1. The van der Waals surface area contributed by atoms with Crippen molar-refractivity contribution in [2.45, 2.75) is 4.90 Å². The quantitative estimate of drug-likeness (QED) is 0.845. The Labute approximate surface area is 99.1 Å². The van der Waals surface area contributed by atoms with Crippen LogP contribution in [0.25, 0.3) is 0 Å². The summed E-state index contributed by atoms with van der Waals surface area (Å²) in [6, 6.07) is 4.65. The lowest BCUT2D eigenvalue weighted by Crippen LogP contribution is -2.27. The van der Waals surface area contributed by atoms with E-state index in [1.807, 2.05) is 0 Å². The third-order valence-corrected chi connectivity index (χ3v) is 4.08. The molecule has 90 valence electrons. The van der Waals surface area contributed by atoms with E-state index in [9.17, 15) is 8.42 Å². The first-order chi connectivity index (χ1) is 8.01. The van der Waals surface area contributed by atoms with E-state index >= 15 is 0 Å². The van der Waals surface area contributed by atoms with E-state index in [0.29, 0.717) is 11.5 Å². The summed E-state index contributed by atoms with van der Waals surface area (Å²) in [5.41, 5.74) is 5.98. The highest BCUT2D eigenvalue weighted by molar-refractivity contribution is 7.92. The molecule has 0 saturated heterocycles. The second-order valence-electron chi connectivity index (χ2n) is 3.47. The predicted octanol–water partition coefficient (Wildman–Crippen LogP) is 0.817. The average Bonchev–Trinajstić information content (AvgIpc) is 2.83. The van der Waals surface area contributed by atoms with E-state index in [1.54, 1.807) is 18.3 Å². The van der Waals surface area contributed by atoms with E-state index in [2.05, 4.69) is 9.97 Å². The monoisotopic (exact) mass is 252 g/mol.